The van der Waals surface area contributed by atoms with Crippen molar-refractivity contribution in [1.29, 1.82) is 0 Å². The maximum atomic E-state index is 12.6. The molecule has 0 aliphatic carbocycles. The fourth-order valence-electron chi connectivity index (χ4n) is 2.48. The number of methoxy groups -OCH3 is 1. The van der Waals surface area contributed by atoms with Crippen LogP contribution in [0.4, 0.5) is 5.69 Å². The summed E-state index contributed by atoms with van der Waals surface area (Å²) in [6, 6.07) is 8.79. The molecule has 0 atom stereocenters. The molecule has 1 heterocycles. The number of fused-ring (bicyclic) bond motifs is 1. The van der Waals surface area contributed by atoms with E-state index in [2.05, 4.69) is 5.32 Å². The zero-order valence-corrected chi connectivity index (χ0v) is 14.3. The molecule has 0 radical (unpaired) electrons. The van der Waals surface area contributed by atoms with E-state index in [0.717, 1.165) is 12.0 Å². The molecular formula is C18H18ClNO4. The lowest BCUT2D eigenvalue weighted by Gasteiger charge is -2.13. The maximum absolute atomic E-state index is 12.6. The number of anilines is 1. The molecule has 5 nitrogen and oxygen atoms in total. The SMILES string of the molecule is COc1ccc(C)cc1NC(=O)c1cc(Cl)c2c(c1)OCCCO2. The van der Waals surface area contributed by atoms with Crippen molar-refractivity contribution in [2.75, 3.05) is 25.6 Å². The Morgan fingerprint density at radius 2 is 2.00 bits per heavy atom. The van der Waals surface area contributed by atoms with Crippen LogP contribution in [0.25, 0.3) is 0 Å². The Kier molecular flexibility index (Phi) is 4.81. The predicted molar refractivity (Wildman–Crippen MR) is 92.7 cm³/mol. The van der Waals surface area contributed by atoms with Crippen molar-refractivity contribution in [3.63, 3.8) is 0 Å². The first-order valence-electron chi connectivity index (χ1n) is 7.63. The lowest BCUT2D eigenvalue weighted by molar-refractivity contribution is 0.102. The summed E-state index contributed by atoms with van der Waals surface area (Å²) in [4.78, 5) is 12.6. The lowest BCUT2D eigenvalue weighted by Crippen LogP contribution is -2.13. The van der Waals surface area contributed by atoms with Crippen LogP contribution in [0.15, 0.2) is 30.3 Å². The number of hydrogen-bond donors (Lipinski definition) is 1. The van der Waals surface area contributed by atoms with Crippen molar-refractivity contribution >= 4 is 23.2 Å². The van der Waals surface area contributed by atoms with E-state index in [4.69, 9.17) is 25.8 Å². The van der Waals surface area contributed by atoms with E-state index in [0.29, 0.717) is 46.7 Å². The molecular weight excluding hydrogens is 330 g/mol. The third-order valence-electron chi connectivity index (χ3n) is 3.67. The van der Waals surface area contributed by atoms with Crippen molar-refractivity contribution in [2.45, 2.75) is 13.3 Å². The Labute approximate surface area is 145 Å². The van der Waals surface area contributed by atoms with Crippen LogP contribution >= 0.6 is 11.6 Å². The van der Waals surface area contributed by atoms with Crippen LogP contribution < -0.4 is 19.5 Å². The van der Waals surface area contributed by atoms with Gasteiger partial charge in [0.05, 0.1) is 31.0 Å². The Hall–Kier alpha value is -2.40. The molecule has 24 heavy (non-hydrogen) atoms. The molecule has 3 rings (SSSR count). The normalized spacial score (nSPS) is 13.1. The largest absolute Gasteiger partial charge is 0.495 e. The number of aryl methyl sites for hydroxylation is 1. The first-order valence-corrected chi connectivity index (χ1v) is 8.01. The number of amides is 1. The fraction of sp³-hybridized carbons (Fsp3) is 0.278. The average molecular weight is 348 g/mol. The molecule has 2 aromatic rings. The molecule has 2 aromatic carbocycles. The van der Waals surface area contributed by atoms with Gasteiger partial charge in [-0.15, -0.1) is 0 Å². The van der Waals surface area contributed by atoms with Gasteiger partial charge >= 0.3 is 0 Å². The number of rotatable bonds is 3. The van der Waals surface area contributed by atoms with Crippen LogP contribution in [-0.2, 0) is 0 Å². The molecule has 1 aliphatic rings. The maximum Gasteiger partial charge on any atom is 0.255 e. The quantitative estimate of drug-likeness (QED) is 0.909. The summed E-state index contributed by atoms with van der Waals surface area (Å²) < 4.78 is 16.5. The van der Waals surface area contributed by atoms with Crippen LogP contribution in [0.1, 0.15) is 22.3 Å². The van der Waals surface area contributed by atoms with Crippen LogP contribution in [-0.4, -0.2) is 26.2 Å². The molecule has 0 saturated carbocycles. The van der Waals surface area contributed by atoms with E-state index in [9.17, 15) is 4.79 Å². The Bertz CT molecular complexity index is 776. The van der Waals surface area contributed by atoms with Crippen molar-refractivity contribution in [3.8, 4) is 17.2 Å². The van der Waals surface area contributed by atoms with Crippen LogP contribution in [0.3, 0.4) is 0 Å². The van der Waals surface area contributed by atoms with Gasteiger partial charge in [0.25, 0.3) is 5.91 Å². The standard InChI is InChI=1S/C18H18ClNO4/c1-11-4-5-15(22-2)14(8-11)20-18(21)12-9-13(19)17-16(10-12)23-6-3-7-24-17/h4-5,8-10H,3,6-7H2,1-2H3,(H,20,21). The highest BCUT2D eigenvalue weighted by atomic mass is 35.5. The second-order valence-corrected chi connectivity index (χ2v) is 5.90. The second-order valence-electron chi connectivity index (χ2n) is 5.49. The van der Waals surface area contributed by atoms with Gasteiger partial charge in [-0.2, -0.15) is 0 Å². The number of nitrogens with one attached hydrogen (secondary N) is 1. The zero-order valence-electron chi connectivity index (χ0n) is 13.5. The predicted octanol–water partition coefficient (Wildman–Crippen LogP) is 4.07. The number of benzene rings is 2. The molecule has 6 heteroatoms. The monoisotopic (exact) mass is 347 g/mol. The number of hydrogen-bond acceptors (Lipinski definition) is 4. The molecule has 0 unspecified atom stereocenters. The number of halogens is 1. The molecule has 1 aliphatic heterocycles. The molecule has 0 spiro atoms. The first kappa shape index (κ1) is 16.5. The number of carbonyl (C=O) groups excluding carboxylic acids is 1. The molecule has 0 fully saturated rings. The third kappa shape index (κ3) is 3.41. The Balaban J connectivity index is 1.89. The number of ether oxygens (including phenoxy) is 3. The van der Waals surface area contributed by atoms with Gasteiger partial charge in [0.1, 0.15) is 5.75 Å². The van der Waals surface area contributed by atoms with Crippen molar-refractivity contribution < 1.29 is 19.0 Å². The minimum atomic E-state index is -0.295. The Morgan fingerprint density at radius 3 is 2.79 bits per heavy atom. The smallest absolute Gasteiger partial charge is 0.255 e. The van der Waals surface area contributed by atoms with E-state index in [1.165, 1.54) is 0 Å². The van der Waals surface area contributed by atoms with Gasteiger partial charge in [0.15, 0.2) is 11.5 Å². The fourth-order valence-corrected chi connectivity index (χ4v) is 2.74. The van der Waals surface area contributed by atoms with E-state index in [-0.39, 0.29) is 5.91 Å². The summed E-state index contributed by atoms with van der Waals surface area (Å²) in [5.41, 5.74) is 2.02. The molecule has 0 bridgehead atoms. The van der Waals surface area contributed by atoms with Crippen molar-refractivity contribution in [1.82, 2.24) is 0 Å². The van der Waals surface area contributed by atoms with Gasteiger partial charge in [-0.25, -0.2) is 0 Å². The lowest BCUT2D eigenvalue weighted by atomic mass is 10.1. The summed E-state index contributed by atoms with van der Waals surface area (Å²) in [7, 11) is 1.56. The second kappa shape index (κ2) is 7.01. The van der Waals surface area contributed by atoms with Crippen LogP contribution in [0, 0.1) is 6.92 Å². The van der Waals surface area contributed by atoms with Gasteiger partial charge in [-0.05, 0) is 36.8 Å². The number of carbonyl (C=O) groups is 1. The summed E-state index contributed by atoms with van der Waals surface area (Å²) >= 11 is 6.24. The molecule has 0 saturated heterocycles. The molecule has 0 aromatic heterocycles. The van der Waals surface area contributed by atoms with E-state index < -0.39 is 0 Å². The topological polar surface area (TPSA) is 56.8 Å². The van der Waals surface area contributed by atoms with Gasteiger partial charge in [0, 0.05) is 12.0 Å². The minimum absolute atomic E-state index is 0.295. The highest BCUT2D eigenvalue weighted by molar-refractivity contribution is 6.32. The summed E-state index contributed by atoms with van der Waals surface area (Å²) in [5, 5.41) is 3.21. The van der Waals surface area contributed by atoms with Crippen molar-refractivity contribution in [3.05, 3.63) is 46.5 Å². The summed E-state index contributed by atoms with van der Waals surface area (Å²) in [6.45, 7) is 3.01. The van der Waals surface area contributed by atoms with Gasteiger partial charge in [0.2, 0.25) is 0 Å². The highest BCUT2D eigenvalue weighted by Gasteiger charge is 2.19. The molecule has 1 amide bonds. The third-order valence-corrected chi connectivity index (χ3v) is 3.95. The molecule has 1 N–H and O–H groups in total. The van der Waals surface area contributed by atoms with E-state index in [1.807, 2.05) is 25.1 Å². The van der Waals surface area contributed by atoms with Crippen molar-refractivity contribution in [2.24, 2.45) is 0 Å². The molecule has 126 valence electrons. The van der Waals surface area contributed by atoms with Crippen LogP contribution in [0.5, 0.6) is 17.2 Å². The van der Waals surface area contributed by atoms with E-state index in [1.54, 1.807) is 19.2 Å². The summed E-state index contributed by atoms with van der Waals surface area (Å²) in [6.07, 6.45) is 0.771. The van der Waals surface area contributed by atoms with Gasteiger partial charge < -0.3 is 19.5 Å². The summed E-state index contributed by atoms with van der Waals surface area (Å²) in [5.74, 6) is 1.27. The van der Waals surface area contributed by atoms with Gasteiger partial charge in [-0.3, -0.25) is 4.79 Å². The van der Waals surface area contributed by atoms with E-state index >= 15 is 0 Å². The van der Waals surface area contributed by atoms with Gasteiger partial charge in [-0.1, -0.05) is 17.7 Å². The van der Waals surface area contributed by atoms with Crippen LogP contribution in [0.2, 0.25) is 5.02 Å². The highest BCUT2D eigenvalue weighted by Crippen LogP contribution is 2.38. The zero-order chi connectivity index (χ0) is 17.1. The Morgan fingerprint density at radius 1 is 1.21 bits per heavy atom. The first-order chi connectivity index (χ1) is 11.6. The average Bonchev–Trinajstić information content (AvgIpc) is 2.81. The minimum Gasteiger partial charge on any atom is -0.495 e.